The summed E-state index contributed by atoms with van der Waals surface area (Å²) >= 11 is 2.99. The average Bonchev–Trinajstić information content (AvgIpc) is 2.80. The molecule has 0 rings (SSSR count). The minimum Gasteiger partial charge on any atom is -0.392 e. The Hall–Kier alpha value is -0.160. The number of thioether (sulfide) groups is 2. The van der Waals surface area contributed by atoms with Crippen LogP contribution in [0.1, 0.15) is 149 Å². The van der Waals surface area contributed by atoms with Crippen LogP contribution in [-0.4, -0.2) is 28.5 Å². The highest BCUT2D eigenvalue weighted by Gasteiger charge is 2.39. The average molecular weight is 503 g/mol. The molecule has 33 heavy (non-hydrogen) atoms. The van der Waals surface area contributed by atoms with E-state index in [1.54, 1.807) is 0 Å². The monoisotopic (exact) mass is 502 g/mol. The molecule has 0 aromatic heterocycles. The van der Waals surface area contributed by atoms with Crippen LogP contribution < -0.4 is 0 Å². The summed E-state index contributed by atoms with van der Waals surface area (Å²) in [5.74, 6) is -0.913. The van der Waals surface area contributed by atoms with Crippen LogP contribution in [0.15, 0.2) is 0 Å². The summed E-state index contributed by atoms with van der Waals surface area (Å²) in [5, 5.41) is 0. The number of unbranched alkanes of at least 4 members (excludes halogenated alkanes) is 19. The van der Waals surface area contributed by atoms with E-state index in [1.165, 1.54) is 146 Å². The summed E-state index contributed by atoms with van der Waals surface area (Å²) in [6.07, 6.45) is 31.9. The molecule has 0 aromatic rings. The standard InChI is InChI=1S/C28H54O3S2/c1-5-6-7-8-9-10-11-12-13-14-15-16-17-18-19-20-21-22-23-24-25-28(32-3,33-4)27(30)31-26(2)29/h5-25H2,1-4H3. The topological polar surface area (TPSA) is 43.4 Å². The van der Waals surface area contributed by atoms with E-state index in [-0.39, 0.29) is 0 Å². The summed E-state index contributed by atoms with van der Waals surface area (Å²) in [7, 11) is 0. The molecule has 0 bridgehead atoms. The van der Waals surface area contributed by atoms with Gasteiger partial charge in [0.1, 0.15) is 0 Å². The lowest BCUT2D eigenvalue weighted by Crippen LogP contribution is -2.34. The van der Waals surface area contributed by atoms with Crippen molar-refractivity contribution in [3.05, 3.63) is 0 Å². The highest BCUT2D eigenvalue weighted by Crippen LogP contribution is 2.40. The third-order valence-corrected chi connectivity index (χ3v) is 9.63. The van der Waals surface area contributed by atoms with Gasteiger partial charge < -0.3 is 4.74 Å². The van der Waals surface area contributed by atoms with E-state index >= 15 is 0 Å². The first-order valence-corrected chi connectivity index (χ1v) is 16.3. The first kappa shape index (κ1) is 32.8. The predicted octanol–water partition coefficient (Wildman–Crippen LogP) is 9.71. The van der Waals surface area contributed by atoms with Crippen molar-refractivity contribution in [3.8, 4) is 0 Å². The number of hydrogen-bond donors (Lipinski definition) is 0. The van der Waals surface area contributed by atoms with Crippen LogP contribution in [-0.2, 0) is 14.3 Å². The number of ether oxygens (including phenoxy) is 1. The van der Waals surface area contributed by atoms with E-state index in [2.05, 4.69) is 6.92 Å². The fraction of sp³-hybridized carbons (Fsp3) is 0.929. The van der Waals surface area contributed by atoms with Gasteiger partial charge in [-0.2, -0.15) is 0 Å². The van der Waals surface area contributed by atoms with Crippen molar-refractivity contribution >= 4 is 35.5 Å². The second-order valence-corrected chi connectivity index (χ2v) is 12.0. The van der Waals surface area contributed by atoms with Gasteiger partial charge in [-0.3, -0.25) is 4.79 Å². The predicted molar refractivity (Wildman–Crippen MR) is 149 cm³/mol. The summed E-state index contributed by atoms with van der Waals surface area (Å²) in [5.41, 5.74) is 0. The van der Waals surface area contributed by atoms with E-state index < -0.39 is 16.0 Å². The van der Waals surface area contributed by atoms with Crippen LogP contribution >= 0.6 is 23.5 Å². The van der Waals surface area contributed by atoms with Gasteiger partial charge in [0.25, 0.3) is 0 Å². The van der Waals surface area contributed by atoms with Gasteiger partial charge in [-0.1, -0.05) is 135 Å². The molecular formula is C28H54O3S2. The molecule has 0 radical (unpaired) electrons. The number of carbonyl (C=O) groups excluding carboxylic acids is 2. The molecule has 0 aliphatic carbocycles. The van der Waals surface area contributed by atoms with Crippen molar-refractivity contribution in [2.45, 2.75) is 153 Å². The summed E-state index contributed by atoms with van der Waals surface area (Å²) < 4.78 is 4.23. The molecule has 0 aliphatic heterocycles. The lowest BCUT2D eigenvalue weighted by Gasteiger charge is -2.26. The van der Waals surface area contributed by atoms with E-state index in [1.807, 2.05) is 12.5 Å². The lowest BCUT2D eigenvalue weighted by atomic mass is 10.0. The van der Waals surface area contributed by atoms with Gasteiger partial charge in [0.15, 0.2) is 4.08 Å². The normalized spacial score (nSPS) is 11.6. The van der Waals surface area contributed by atoms with Gasteiger partial charge >= 0.3 is 11.9 Å². The SMILES string of the molecule is CCCCCCCCCCCCCCCCCCCCCCC(SC)(SC)C(=O)OC(C)=O. The molecule has 196 valence electrons. The Labute approximate surface area is 214 Å². The number of esters is 2. The first-order valence-electron chi connectivity index (χ1n) is 13.9. The Morgan fingerprint density at radius 2 is 0.879 bits per heavy atom. The third kappa shape index (κ3) is 18.8. The van der Waals surface area contributed by atoms with Gasteiger partial charge in [0.05, 0.1) is 0 Å². The Bertz CT molecular complexity index is 464. The van der Waals surface area contributed by atoms with Crippen molar-refractivity contribution in [2.24, 2.45) is 0 Å². The molecule has 0 unspecified atom stereocenters. The Morgan fingerprint density at radius 3 is 1.15 bits per heavy atom. The molecule has 0 aromatic carbocycles. The minimum atomic E-state index is -0.639. The molecule has 0 heterocycles. The van der Waals surface area contributed by atoms with Crippen LogP contribution in [0.25, 0.3) is 0 Å². The largest absolute Gasteiger partial charge is 0.392 e. The minimum absolute atomic E-state index is 0.396. The summed E-state index contributed by atoms with van der Waals surface area (Å²) in [4.78, 5) is 23.4. The highest BCUT2D eigenvalue weighted by molar-refractivity contribution is 8.18. The van der Waals surface area contributed by atoms with Gasteiger partial charge in [0.2, 0.25) is 0 Å². The molecular weight excluding hydrogens is 448 g/mol. The Balaban J connectivity index is 3.46. The van der Waals surface area contributed by atoms with Gasteiger partial charge in [-0.25, -0.2) is 4.79 Å². The highest BCUT2D eigenvalue weighted by atomic mass is 32.2. The lowest BCUT2D eigenvalue weighted by molar-refractivity contribution is -0.158. The molecule has 0 saturated carbocycles. The fourth-order valence-corrected chi connectivity index (χ4v) is 6.16. The Morgan fingerprint density at radius 1 is 0.576 bits per heavy atom. The molecule has 0 spiro atoms. The van der Waals surface area contributed by atoms with Crippen molar-refractivity contribution in [1.82, 2.24) is 0 Å². The zero-order valence-electron chi connectivity index (χ0n) is 22.4. The third-order valence-electron chi connectivity index (χ3n) is 6.57. The fourth-order valence-electron chi connectivity index (χ4n) is 4.38. The molecule has 0 aliphatic rings. The van der Waals surface area contributed by atoms with Gasteiger partial charge in [-0.15, -0.1) is 23.5 Å². The van der Waals surface area contributed by atoms with E-state index in [4.69, 9.17) is 4.74 Å². The number of rotatable bonds is 24. The van der Waals surface area contributed by atoms with Crippen molar-refractivity contribution in [1.29, 1.82) is 0 Å². The Kier molecular flexibility index (Phi) is 23.5. The van der Waals surface area contributed by atoms with E-state index in [9.17, 15) is 9.59 Å². The maximum absolute atomic E-state index is 12.3. The summed E-state index contributed by atoms with van der Waals surface area (Å²) in [6.45, 7) is 3.58. The summed E-state index contributed by atoms with van der Waals surface area (Å²) in [6, 6.07) is 0. The second kappa shape index (κ2) is 23.6. The van der Waals surface area contributed by atoms with E-state index in [0.29, 0.717) is 0 Å². The maximum Gasteiger partial charge on any atom is 0.340 e. The molecule has 0 amide bonds. The van der Waals surface area contributed by atoms with Crippen LogP contribution in [0.2, 0.25) is 0 Å². The van der Waals surface area contributed by atoms with Crippen LogP contribution in [0, 0.1) is 0 Å². The van der Waals surface area contributed by atoms with Crippen LogP contribution in [0.4, 0.5) is 0 Å². The van der Waals surface area contributed by atoms with Gasteiger partial charge in [-0.05, 0) is 18.9 Å². The molecule has 0 atom stereocenters. The molecule has 5 heteroatoms. The van der Waals surface area contributed by atoms with Crippen molar-refractivity contribution in [3.63, 3.8) is 0 Å². The molecule has 0 fully saturated rings. The number of carbonyl (C=O) groups is 2. The molecule has 3 nitrogen and oxygen atoms in total. The smallest absolute Gasteiger partial charge is 0.340 e. The van der Waals surface area contributed by atoms with Gasteiger partial charge in [0, 0.05) is 6.92 Å². The molecule has 0 N–H and O–H groups in total. The molecule has 0 saturated heterocycles. The zero-order valence-corrected chi connectivity index (χ0v) is 24.0. The van der Waals surface area contributed by atoms with Crippen molar-refractivity contribution in [2.75, 3.05) is 12.5 Å². The maximum atomic E-state index is 12.3. The van der Waals surface area contributed by atoms with Crippen LogP contribution in [0.3, 0.4) is 0 Å². The van der Waals surface area contributed by atoms with Crippen molar-refractivity contribution < 1.29 is 14.3 Å². The van der Waals surface area contributed by atoms with Crippen LogP contribution in [0.5, 0.6) is 0 Å². The van der Waals surface area contributed by atoms with E-state index in [0.717, 1.165) is 19.3 Å². The first-order chi connectivity index (χ1) is 16.0. The quantitative estimate of drug-likeness (QED) is 0.0568. The zero-order chi connectivity index (χ0) is 24.6. The second-order valence-electron chi connectivity index (χ2n) is 9.51. The number of hydrogen-bond acceptors (Lipinski definition) is 5.